The third kappa shape index (κ3) is 1.90. The molecule has 2 heterocycles. The quantitative estimate of drug-likeness (QED) is 0.642. The average molecular weight is 340 g/mol. The minimum absolute atomic E-state index is 0.0187. The van der Waals surface area contributed by atoms with E-state index in [1.54, 1.807) is 0 Å². The van der Waals surface area contributed by atoms with Gasteiger partial charge >= 0.3 is 0 Å². The first-order valence-electron chi connectivity index (χ1n) is 9.18. The SMILES string of the molecule is C=CCN1CCC23c4c(C)ccc(N)c4OC2C(=C)CCC3(O)C1C. The maximum absolute atomic E-state index is 12.1. The molecule has 1 aliphatic carbocycles. The number of hydrogen-bond donors (Lipinski definition) is 2. The lowest BCUT2D eigenvalue weighted by atomic mass is 9.52. The molecular weight excluding hydrogens is 312 g/mol. The molecule has 25 heavy (non-hydrogen) atoms. The molecule has 0 amide bonds. The number of nitrogen functional groups attached to an aromatic ring is 1. The molecule has 2 fully saturated rings. The number of likely N-dealkylation sites (tertiary alicyclic amines) is 1. The number of fused-ring (bicyclic) bond motifs is 1. The van der Waals surface area contributed by atoms with Crippen molar-refractivity contribution < 1.29 is 9.84 Å². The average Bonchev–Trinajstić information content (AvgIpc) is 2.95. The molecule has 4 heteroatoms. The largest absolute Gasteiger partial charge is 0.483 e. The molecule has 4 rings (SSSR count). The van der Waals surface area contributed by atoms with Crippen LogP contribution in [-0.2, 0) is 5.41 Å². The van der Waals surface area contributed by atoms with E-state index in [9.17, 15) is 5.11 Å². The van der Waals surface area contributed by atoms with Crippen molar-refractivity contribution in [3.05, 3.63) is 48.1 Å². The molecule has 3 N–H and O–H groups in total. The number of benzene rings is 1. The molecular formula is C21H28N2O2. The summed E-state index contributed by atoms with van der Waals surface area (Å²) in [5.41, 5.74) is 8.89. The van der Waals surface area contributed by atoms with Gasteiger partial charge in [-0.05, 0) is 56.9 Å². The molecule has 1 aromatic carbocycles. The summed E-state index contributed by atoms with van der Waals surface area (Å²) in [7, 11) is 0. The highest BCUT2D eigenvalue weighted by atomic mass is 16.5. The van der Waals surface area contributed by atoms with Gasteiger partial charge in [-0.2, -0.15) is 0 Å². The van der Waals surface area contributed by atoms with Gasteiger partial charge in [0.05, 0.1) is 16.7 Å². The van der Waals surface area contributed by atoms with Gasteiger partial charge in [-0.1, -0.05) is 18.7 Å². The highest BCUT2D eigenvalue weighted by Gasteiger charge is 2.68. The molecule has 4 unspecified atom stereocenters. The van der Waals surface area contributed by atoms with Gasteiger partial charge in [-0.25, -0.2) is 0 Å². The van der Waals surface area contributed by atoms with Crippen LogP contribution in [0.5, 0.6) is 5.75 Å². The topological polar surface area (TPSA) is 58.7 Å². The molecule has 3 aliphatic rings. The first-order valence-corrected chi connectivity index (χ1v) is 9.18. The molecule has 134 valence electrons. The number of aliphatic hydroxyl groups is 1. The maximum atomic E-state index is 12.1. The second kappa shape index (κ2) is 5.36. The Balaban J connectivity index is 1.95. The summed E-state index contributed by atoms with van der Waals surface area (Å²) in [6, 6.07) is 3.97. The van der Waals surface area contributed by atoms with Crippen molar-refractivity contribution in [3.63, 3.8) is 0 Å². The molecule has 1 spiro atoms. The number of nitrogens with zero attached hydrogens (tertiary/aromatic N) is 1. The minimum atomic E-state index is -0.871. The summed E-state index contributed by atoms with van der Waals surface area (Å²) in [5, 5.41) is 12.1. The Morgan fingerprint density at radius 1 is 1.44 bits per heavy atom. The maximum Gasteiger partial charge on any atom is 0.147 e. The fourth-order valence-electron chi connectivity index (χ4n) is 5.59. The molecule has 0 bridgehead atoms. The Bertz CT molecular complexity index is 759. The van der Waals surface area contributed by atoms with Crippen molar-refractivity contribution in [2.75, 3.05) is 18.8 Å². The predicted octanol–water partition coefficient (Wildman–Crippen LogP) is 2.94. The molecule has 1 aromatic rings. The van der Waals surface area contributed by atoms with Crippen LogP contribution >= 0.6 is 0 Å². The molecule has 4 atom stereocenters. The van der Waals surface area contributed by atoms with Crippen LogP contribution in [0, 0.1) is 6.92 Å². The number of anilines is 1. The monoisotopic (exact) mass is 340 g/mol. The van der Waals surface area contributed by atoms with E-state index in [1.165, 1.54) is 0 Å². The fourth-order valence-corrected chi connectivity index (χ4v) is 5.59. The van der Waals surface area contributed by atoms with Gasteiger partial charge in [0.2, 0.25) is 0 Å². The minimum Gasteiger partial charge on any atom is -0.483 e. The third-order valence-electron chi connectivity index (χ3n) is 6.89. The zero-order valence-electron chi connectivity index (χ0n) is 15.2. The van der Waals surface area contributed by atoms with Gasteiger partial charge < -0.3 is 15.6 Å². The van der Waals surface area contributed by atoms with Crippen molar-refractivity contribution in [1.82, 2.24) is 4.90 Å². The van der Waals surface area contributed by atoms with Crippen LogP contribution in [0.15, 0.2) is 36.9 Å². The first-order chi connectivity index (χ1) is 11.9. The Morgan fingerprint density at radius 3 is 2.92 bits per heavy atom. The van der Waals surface area contributed by atoms with E-state index < -0.39 is 11.0 Å². The standard InChI is InChI=1S/C21H28N2O2/c1-5-11-23-12-10-20-17-13(2)6-7-16(22)18(17)25-19(20)14(3)8-9-21(20,24)15(23)4/h5-7,15,19,24H,1,3,8-12,22H2,2,4H3. The summed E-state index contributed by atoms with van der Waals surface area (Å²) in [6.07, 6.45) is 4.04. The van der Waals surface area contributed by atoms with Crippen molar-refractivity contribution in [1.29, 1.82) is 0 Å². The van der Waals surface area contributed by atoms with Crippen LogP contribution in [-0.4, -0.2) is 40.8 Å². The Morgan fingerprint density at radius 2 is 2.20 bits per heavy atom. The van der Waals surface area contributed by atoms with Crippen LogP contribution in [0.2, 0.25) is 0 Å². The van der Waals surface area contributed by atoms with Gasteiger partial charge in [0.1, 0.15) is 11.9 Å². The normalized spacial score (nSPS) is 37.0. The van der Waals surface area contributed by atoms with E-state index in [0.29, 0.717) is 12.1 Å². The van der Waals surface area contributed by atoms with E-state index in [-0.39, 0.29) is 12.1 Å². The molecule has 1 saturated carbocycles. The van der Waals surface area contributed by atoms with Gasteiger partial charge in [0, 0.05) is 18.2 Å². The molecule has 0 radical (unpaired) electrons. The molecule has 0 aromatic heterocycles. The van der Waals surface area contributed by atoms with Gasteiger partial charge in [0.25, 0.3) is 0 Å². The van der Waals surface area contributed by atoms with Crippen LogP contribution in [0.25, 0.3) is 0 Å². The number of aryl methyl sites for hydroxylation is 1. The van der Waals surface area contributed by atoms with E-state index in [1.807, 2.05) is 18.2 Å². The first kappa shape index (κ1) is 16.7. The Labute approximate surface area is 150 Å². The summed E-state index contributed by atoms with van der Waals surface area (Å²) in [5.74, 6) is 0.760. The highest BCUT2D eigenvalue weighted by Crippen LogP contribution is 2.62. The van der Waals surface area contributed by atoms with E-state index in [0.717, 1.165) is 48.4 Å². The van der Waals surface area contributed by atoms with E-state index in [4.69, 9.17) is 10.5 Å². The summed E-state index contributed by atoms with van der Waals surface area (Å²) >= 11 is 0. The van der Waals surface area contributed by atoms with Crippen LogP contribution < -0.4 is 10.5 Å². The van der Waals surface area contributed by atoms with Gasteiger partial charge in [-0.15, -0.1) is 6.58 Å². The number of nitrogens with two attached hydrogens (primary N) is 1. The number of piperidine rings is 1. The smallest absolute Gasteiger partial charge is 0.147 e. The molecule has 1 saturated heterocycles. The fraction of sp³-hybridized carbons (Fsp3) is 0.524. The van der Waals surface area contributed by atoms with Crippen molar-refractivity contribution in [2.45, 2.75) is 56.3 Å². The number of hydrogen-bond acceptors (Lipinski definition) is 4. The second-order valence-corrected chi connectivity index (χ2v) is 7.94. The lowest BCUT2D eigenvalue weighted by Crippen LogP contribution is -2.72. The van der Waals surface area contributed by atoms with Crippen molar-refractivity contribution in [3.8, 4) is 5.75 Å². The van der Waals surface area contributed by atoms with Gasteiger partial charge in [0.15, 0.2) is 0 Å². The molecule has 2 aliphatic heterocycles. The molecule has 4 nitrogen and oxygen atoms in total. The van der Waals surface area contributed by atoms with Crippen LogP contribution in [0.1, 0.15) is 37.3 Å². The summed E-state index contributed by atoms with van der Waals surface area (Å²) in [4.78, 5) is 2.32. The lowest BCUT2D eigenvalue weighted by Gasteiger charge is -2.60. The van der Waals surface area contributed by atoms with Gasteiger partial charge in [-0.3, -0.25) is 4.90 Å². The second-order valence-electron chi connectivity index (χ2n) is 7.94. The van der Waals surface area contributed by atoms with E-state index in [2.05, 4.69) is 31.9 Å². The summed E-state index contributed by atoms with van der Waals surface area (Å²) in [6.45, 7) is 14.1. The van der Waals surface area contributed by atoms with E-state index >= 15 is 0 Å². The third-order valence-corrected chi connectivity index (χ3v) is 6.89. The predicted molar refractivity (Wildman–Crippen MR) is 101 cm³/mol. The highest BCUT2D eigenvalue weighted by molar-refractivity contribution is 5.67. The van der Waals surface area contributed by atoms with Crippen LogP contribution in [0.3, 0.4) is 0 Å². The number of ether oxygens (including phenoxy) is 1. The zero-order valence-corrected chi connectivity index (χ0v) is 15.2. The van der Waals surface area contributed by atoms with Crippen molar-refractivity contribution in [2.24, 2.45) is 0 Å². The zero-order chi connectivity index (χ0) is 18.0. The number of rotatable bonds is 2. The Kier molecular flexibility index (Phi) is 3.57. The summed E-state index contributed by atoms with van der Waals surface area (Å²) < 4.78 is 6.38. The lowest BCUT2D eigenvalue weighted by molar-refractivity contribution is -0.161. The van der Waals surface area contributed by atoms with Crippen LogP contribution in [0.4, 0.5) is 5.69 Å². The Hall–Kier alpha value is -1.78. The van der Waals surface area contributed by atoms with Crippen molar-refractivity contribution >= 4 is 5.69 Å².